The van der Waals surface area contributed by atoms with Crippen LogP contribution < -0.4 is 5.84 Å². The summed E-state index contributed by atoms with van der Waals surface area (Å²) < 4.78 is 1.45. The average molecular weight is 345 g/mol. The molecule has 2 aromatic rings. The highest BCUT2D eigenvalue weighted by molar-refractivity contribution is 7.99. The Kier molecular flexibility index (Phi) is 5.08. The van der Waals surface area contributed by atoms with Crippen molar-refractivity contribution in [3.8, 4) is 11.4 Å². The number of aromatic nitrogens is 3. The van der Waals surface area contributed by atoms with Gasteiger partial charge in [-0.15, -0.1) is 10.2 Å². The number of piperidine rings is 1. The van der Waals surface area contributed by atoms with E-state index in [4.69, 9.17) is 5.84 Å². The fourth-order valence-electron chi connectivity index (χ4n) is 3.24. The molecule has 0 aliphatic carbocycles. The lowest BCUT2D eigenvalue weighted by molar-refractivity contribution is -0.130. The van der Waals surface area contributed by atoms with Crippen LogP contribution in [0.3, 0.4) is 0 Å². The zero-order valence-corrected chi connectivity index (χ0v) is 14.9. The normalized spacial score (nSPS) is 21.0. The summed E-state index contributed by atoms with van der Waals surface area (Å²) in [5.74, 6) is 8.29. The molecule has 1 amide bonds. The monoisotopic (exact) mass is 345 g/mol. The standard InChI is InChI=1S/C17H23N5OS/c1-12-8-13(2)10-21(9-12)15(23)11-24-17-20-19-16(22(17)18)14-6-4-3-5-7-14/h3-7,12-13H,8-11,18H2,1-2H3. The van der Waals surface area contributed by atoms with E-state index in [2.05, 4.69) is 24.0 Å². The minimum atomic E-state index is 0.141. The Morgan fingerprint density at radius 3 is 2.54 bits per heavy atom. The van der Waals surface area contributed by atoms with Gasteiger partial charge in [-0.05, 0) is 18.3 Å². The van der Waals surface area contributed by atoms with Crippen LogP contribution in [0.15, 0.2) is 35.5 Å². The van der Waals surface area contributed by atoms with Gasteiger partial charge in [0.2, 0.25) is 11.1 Å². The van der Waals surface area contributed by atoms with E-state index in [0.29, 0.717) is 28.6 Å². The first-order chi connectivity index (χ1) is 11.5. The number of rotatable bonds is 4. The largest absolute Gasteiger partial charge is 0.341 e. The Morgan fingerprint density at radius 2 is 1.88 bits per heavy atom. The number of amides is 1. The molecule has 1 aromatic carbocycles. The summed E-state index contributed by atoms with van der Waals surface area (Å²) in [7, 11) is 0. The topological polar surface area (TPSA) is 77.0 Å². The van der Waals surface area contributed by atoms with Crippen LogP contribution in [0, 0.1) is 11.8 Å². The first kappa shape index (κ1) is 16.8. The van der Waals surface area contributed by atoms with Crippen molar-refractivity contribution in [1.82, 2.24) is 19.8 Å². The van der Waals surface area contributed by atoms with Gasteiger partial charge < -0.3 is 10.7 Å². The van der Waals surface area contributed by atoms with Crippen molar-refractivity contribution in [3.63, 3.8) is 0 Å². The molecule has 2 heterocycles. The van der Waals surface area contributed by atoms with E-state index in [-0.39, 0.29) is 5.91 Å². The molecule has 7 heteroatoms. The van der Waals surface area contributed by atoms with E-state index in [1.165, 1.54) is 22.9 Å². The third-order valence-electron chi connectivity index (χ3n) is 4.24. The highest BCUT2D eigenvalue weighted by atomic mass is 32.2. The van der Waals surface area contributed by atoms with E-state index in [1.807, 2.05) is 35.2 Å². The Bertz CT molecular complexity index is 692. The van der Waals surface area contributed by atoms with Gasteiger partial charge in [-0.2, -0.15) is 0 Å². The van der Waals surface area contributed by atoms with Crippen LogP contribution >= 0.6 is 11.8 Å². The maximum Gasteiger partial charge on any atom is 0.233 e. The van der Waals surface area contributed by atoms with Crippen molar-refractivity contribution < 1.29 is 4.79 Å². The van der Waals surface area contributed by atoms with Gasteiger partial charge in [-0.25, -0.2) is 4.68 Å². The summed E-state index contributed by atoms with van der Waals surface area (Å²) in [4.78, 5) is 14.4. The van der Waals surface area contributed by atoms with Crippen molar-refractivity contribution >= 4 is 17.7 Å². The van der Waals surface area contributed by atoms with Crippen molar-refractivity contribution in [1.29, 1.82) is 0 Å². The SMILES string of the molecule is CC1CC(C)CN(C(=O)CSc2nnc(-c3ccccc3)n2N)C1. The Hall–Kier alpha value is -2.02. The van der Waals surface area contributed by atoms with E-state index in [9.17, 15) is 4.79 Å². The van der Waals surface area contributed by atoms with Crippen LogP contribution in [0.4, 0.5) is 0 Å². The van der Waals surface area contributed by atoms with Crippen LogP contribution in [-0.2, 0) is 4.79 Å². The summed E-state index contributed by atoms with van der Waals surface area (Å²) in [6, 6.07) is 9.67. The first-order valence-electron chi connectivity index (χ1n) is 8.21. The fourth-order valence-corrected chi connectivity index (χ4v) is 4.00. The van der Waals surface area contributed by atoms with Crippen LogP contribution in [0.5, 0.6) is 0 Å². The number of carbonyl (C=O) groups excluding carboxylic acids is 1. The third-order valence-corrected chi connectivity index (χ3v) is 5.17. The lowest BCUT2D eigenvalue weighted by Gasteiger charge is -2.34. The molecule has 3 rings (SSSR count). The van der Waals surface area contributed by atoms with Crippen molar-refractivity contribution in [2.45, 2.75) is 25.4 Å². The highest BCUT2D eigenvalue weighted by Gasteiger charge is 2.25. The predicted octanol–water partition coefficient (Wildman–Crippen LogP) is 2.26. The van der Waals surface area contributed by atoms with Gasteiger partial charge in [0, 0.05) is 18.7 Å². The second kappa shape index (κ2) is 7.25. The van der Waals surface area contributed by atoms with Gasteiger partial charge in [0.05, 0.1) is 5.75 Å². The maximum absolute atomic E-state index is 12.5. The molecular formula is C17H23N5OS. The number of nitrogens with two attached hydrogens (primary N) is 1. The van der Waals surface area contributed by atoms with Crippen molar-refractivity contribution in [3.05, 3.63) is 30.3 Å². The molecule has 2 unspecified atom stereocenters. The van der Waals surface area contributed by atoms with Crippen LogP contribution in [0.1, 0.15) is 20.3 Å². The molecule has 0 bridgehead atoms. The summed E-state index contributed by atoms with van der Waals surface area (Å²) in [6.45, 7) is 6.08. The number of nitrogens with zero attached hydrogens (tertiary/aromatic N) is 4. The molecule has 2 N–H and O–H groups in total. The second-order valence-corrected chi connectivity index (χ2v) is 7.52. The molecule has 1 fully saturated rings. The van der Waals surface area contributed by atoms with E-state index < -0.39 is 0 Å². The van der Waals surface area contributed by atoms with Crippen LogP contribution in [-0.4, -0.2) is 44.5 Å². The Morgan fingerprint density at radius 1 is 1.21 bits per heavy atom. The van der Waals surface area contributed by atoms with Gasteiger partial charge in [-0.1, -0.05) is 55.9 Å². The minimum Gasteiger partial charge on any atom is -0.341 e. The number of hydrogen-bond donors (Lipinski definition) is 1. The zero-order valence-electron chi connectivity index (χ0n) is 14.1. The molecule has 1 aliphatic rings. The van der Waals surface area contributed by atoms with Gasteiger partial charge in [0.15, 0.2) is 5.82 Å². The average Bonchev–Trinajstić information content (AvgIpc) is 2.93. The molecule has 24 heavy (non-hydrogen) atoms. The molecule has 1 saturated heterocycles. The molecule has 1 aromatic heterocycles. The number of carbonyl (C=O) groups is 1. The van der Waals surface area contributed by atoms with Gasteiger partial charge >= 0.3 is 0 Å². The smallest absolute Gasteiger partial charge is 0.233 e. The molecular weight excluding hydrogens is 322 g/mol. The zero-order chi connectivity index (χ0) is 17.1. The van der Waals surface area contributed by atoms with E-state index in [1.54, 1.807) is 0 Å². The Labute approximate surface area is 146 Å². The lowest BCUT2D eigenvalue weighted by atomic mass is 9.92. The van der Waals surface area contributed by atoms with Gasteiger partial charge in [-0.3, -0.25) is 4.79 Å². The molecule has 1 aliphatic heterocycles. The molecule has 128 valence electrons. The fraction of sp³-hybridized carbons (Fsp3) is 0.471. The number of nitrogen functional groups attached to an aromatic ring is 1. The van der Waals surface area contributed by atoms with E-state index >= 15 is 0 Å². The molecule has 0 spiro atoms. The molecule has 2 atom stereocenters. The summed E-state index contributed by atoms with van der Waals surface area (Å²) in [5, 5.41) is 8.82. The molecule has 0 saturated carbocycles. The number of thioether (sulfide) groups is 1. The second-order valence-electron chi connectivity index (χ2n) is 6.58. The third kappa shape index (κ3) is 3.72. The quantitative estimate of drug-likeness (QED) is 0.679. The number of benzene rings is 1. The van der Waals surface area contributed by atoms with Crippen molar-refractivity contribution in [2.24, 2.45) is 11.8 Å². The lowest BCUT2D eigenvalue weighted by Crippen LogP contribution is -2.43. The Balaban J connectivity index is 1.63. The predicted molar refractivity (Wildman–Crippen MR) is 95.9 cm³/mol. The van der Waals surface area contributed by atoms with Crippen LogP contribution in [0.2, 0.25) is 0 Å². The van der Waals surface area contributed by atoms with Gasteiger partial charge in [0.1, 0.15) is 0 Å². The van der Waals surface area contributed by atoms with E-state index in [0.717, 1.165) is 18.7 Å². The number of hydrogen-bond acceptors (Lipinski definition) is 5. The summed E-state index contributed by atoms with van der Waals surface area (Å²) in [5.41, 5.74) is 0.907. The first-order valence-corrected chi connectivity index (χ1v) is 9.19. The summed E-state index contributed by atoms with van der Waals surface area (Å²) >= 11 is 1.34. The minimum absolute atomic E-state index is 0.141. The maximum atomic E-state index is 12.5. The summed E-state index contributed by atoms with van der Waals surface area (Å²) in [6.07, 6.45) is 1.19. The molecule has 6 nitrogen and oxygen atoms in total. The van der Waals surface area contributed by atoms with Crippen molar-refractivity contribution in [2.75, 3.05) is 24.7 Å². The number of likely N-dealkylation sites (tertiary alicyclic amines) is 1. The highest BCUT2D eigenvalue weighted by Crippen LogP contribution is 2.24. The van der Waals surface area contributed by atoms with Crippen LogP contribution in [0.25, 0.3) is 11.4 Å². The molecule has 0 radical (unpaired) electrons. The van der Waals surface area contributed by atoms with Gasteiger partial charge in [0.25, 0.3) is 0 Å².